The predicted octanol–water partition coefficient (Wildman–Crippen LogP) is 2.59. The Hall–Kier alpha value is -2.64. The van der Waals surface area contributed by atoms with E-state index in [-0.39, 0.29) is 0 Å². The van der Waals surface area contributed by atoms with Crippen LogP contribution in [-0.2, 0) is 19.3 Å². The summed E-state index contributed by atoms with van der Waals surface area (Å²) in [5.74, 6) is 0. The molecule has 22 heavy (non-hydrogen) atoms. The molecule has 0 saturated heterocycles. The van der Waals surface area contributed by atoms with Crippen molar-refractivity contribution in [2.75, 3.05) is 0 Å². The van der Waals surface area contributed by atoms with Crippen molar-refractivity contribution in [1.29, 1.82) is 0 Å². The fourth-order valence-corrected chi connectivity index (χ4v) is 2.04. The third kappa shape index (κ3) is 3.33. The summed E-state index contributed by atoms with van der Waals surface area (Å²) in [6.45, 7) is 0.889. The molecule has 0 fully saturated rings. The van der Waals surface area contributed by atoms with Crippen molar-refractivity contribution in [3.05, 3.63) is 66.0 Å². The average Bonchev–Trinajstić information content (AvgIpc) is 3.12. The maximum atomic E-state index is 12.5. The third-order valence-corrected chi connectivity index (χ3v) is 3.11. The van der Waals surface area contributed by atoms with E-state index in [2.05, 4.69) is 15.2 Å². The molecule has 0 N–H and O–H groups in total. The zero-order chi connectivity index (χ0) is 15.6. The van der Waals surface area contributed by atoms with Crippen LogP contribution in [0, 0.1) is 0 Å². The molecule has 0 aliphatic carbocycles. The van der Waals surface area contributed by atoms with Crippen molar-refractivity contribution in [1.82, 2.24) is 24.5 Å². The standard InChI is InChI=1S/C14H12F3N5/c15-14(16,17)13-5-6-21(20-13)7-11-1-3-12(4-2-11)8-22-10-18-9-19-22/h1-6,9-10H,7-8H2. The van der Waals surface area contributed by atoms with E-state index in [4.69, 9.17) is 0 Å². The van der Waals surface area contributed by atoms with E-state index in [1.165, 1.54) is 17.2 Å². The Morgan fingerprint density at radius 1 is 0.909 bits per heavy atom. The van der Waals surface area contributed by atoms with Crippen LogP contribution in [0.15, 0.2) is 49.2 Å². The number of halogens is 3. The smallest absolute Gasteiger partial charge is 0.268 e. The van der Waals surface area contributed by atoms with Crippen molar-refractivity contribution in [2.45, 2.75) is 19.3 Å². The second kappa shape index (κ2) is 5.63. The molecule has 2 aromatic heterocycles. The van der Waals surface area contributed by atoms with Gasteiger partial charge in [-0.05, 0) is 17.2 Å². The van der Waals surface area contributed by atoms with Gasteiger partial charge in [0.15, 0.2) is 5.69 Å². The second-order valence-electron chi connectivity index (χ2n) is 4.81. The molecule has 0 bridgehead atoms. The van der Waals surface area contributed by atoms with Crippen molar-refractivity contribution in [3.63, 3.8) is 0 Å². The molecule has 0 saturated carbocycles. The molecule has 0 radical (unpaired) electrons. The highest BCUT2D eigenvalue weighted by atomic mass is 19.4. The van der Waals surface area contributed by atoms with Crippen LogP contribution in [0.2, 0.25) is 0 Å². The highest BCUT2D eigenvalue weighted by Gasteiger charge is 2.33. The maximum Gasteiger partial charge on any atom is 0.435 e. The number of alkyl halides is 3. The minimum absolute atomic E-state index is 0.291. The molecule has 0 spiro atoms. The molecule has 1 aromatic carbocycles. The summed E-state index contributed by atoms with van der Waals surface area (Å²) in [4.78, 5) is 3.86. The number of hydrogen-bond acceptors (Lipinski definition) is 3. The first-order valence-electron chi connectivity index (χ1n) is 6.51. The van der Waals surface area contributed by atoms with Gasteiger partial charge in [-0.2, -0.15) is 23.4 Å². The van der Waals surface area contributed by atoms with E-state index >= 15 is 0 Å². The van der Waals surface area contributed by atoms with Gasteiger partial charge < -0.3 is 0 Å². The molecule has 0 atom stereocenters. The van der Waals surface area contributed by atoms with Gasteiger partial charge in [0.1, 0.15) is 12.7 Å². The third-order valence-electron chi connectivity index (χ3n) is 3.11. The summed E-state index contributed by atoms with van der Waals surface area (Å²) in [6, 6.07) is 8.51. The molecular weight excluding hydrogens is 295 g/mol. The summed E-state index contributed by atoms with van der Waals surface area (Å²) in [7, 11) is 0. The normalized spacial score (nSPS) is 11.8. The van der Waals surface area contributed by atoms with E-state index in [1.807, 2.05) is 24.3 Å². The lowest BCUT2D eigenvalue weighted by Gasteiger charge is -2.05. The van der Waals surface area contributed by atoms with Crippen LogP contribution >= 0.6 is 0 Å². The molecule has 0 unspecified atom stereocenters. The summed E-state index contributed by atoms with van der Waals surface area (Å²) < 4.78 is 40.4. The van der Waals surface area contributed by atoms with Gasteiger partial charge in [0, 0.05) is 6.20 Å². The highest BCUT2D eigenvalue weighted by molar-refractivity contribution is 5.23. The molecular formula is C14H12F3N5. The first-order chi connectivity index (χ1) is 10.5. The fourth-order valence-electron chi connectivity index (χ4n) is 2.04. The molecule has 3 rings (SSSR count). The van der Waals surface area contributed by atoms with Crippen LogP contribution in [-0.4, -0.2) is 24.5 Å². The van der Waals surface area contributed by atoms with Gasteiger partial charge in [0.2, 0.25) is 0 Å². The quantitative estimate of drug-likeness (QED) is 0.744. The number of hydrogen-bond donors (Lipinski definition) is 0. The minimum atomic E-state index is -4.41. The lowest BCUT2D eigenvalue weighted by molar-refractivity contribution is -0.141. The van der Waals surface area contributed by atoms with E-state index in [1.54, 1.807) is 11.0 Å². The van der Waals surface area contributed by atoms with Gasteiger partial charge in [-0.15, -0.1) is 0 Å². The van der Waals surface area contributed by atoms with Crippen LogP contribution in [0.3, 0.4) is 0 Å². The summed E-state index contributed by atoms with van der Waals surface area (Å²) in [6.07, 6.45) is -0.000311. The lowest BCUT2D eigenvalue weighted by atomic mass is 10.1. The molecule has 8 heteroatoms. The van der Waals surface area contributed by atoms with E-state index < -0.39 is 11.9 Å². The minimum Gasteiger partial charge on any atom is -0.268 e. The Morgan fingerprint density at radius 2 is 1.55 bits per heavy atom. The second-order valence-corrected chi connectivity index (χ2v) is 4.81. The molecule has 2 heterocycles. The average molecular weight is 307 g/mol. The molecule has 0 aliphatic heterocycles. The van der Waals surface area contributed by atoms with Gasteiger partial charge >= 0.3 is 6.18 Å². The Labute approximate surface area is 124 Å². The molecule has 3 aromatic rings. The van der Waals surface area contributed by atoms with Crippen LogP contribution in [0.4, 0.5) is 13.2 Å². The fraction of sp³-hybridized carbons (Fsp3) is 0.214. The van der Waals surface area contributed by atoms with E-state index in [0.29, 0.717) is 13.1 Å². The largest absolute Gasteiger partial charge is 0.435 e. The van der Waals surface area contributed by atoms with Gasteiger partial charge in [-0.25, -0.2) is 9.67 Å². The molecule has 114 valence electrons. The van der Waals surface area contributed by atoms with Crippen molar-refractivity contribution < 1.29 is 13.2 Å². The Balaban J connectivity index is 1.67. The zero-order valence-corrected chi connectivity index (χ0v) is 11.4. The number of nitrogens with zero attached hydrogens (tertiary/aromatic N) is 5. The van der Waals surface area contributed by atoms with Crippen LogP contribution in [0.1, 0.15) is 16.8 Å². The van der Waals surface area contributed by atoms with Gasteiger partial charge in [0.05, 0.1) is 13.1 Å². The maximum absolute atomic E-state index is 12.5. The van der Waals surface area contributed by atoms with Crippen molar-refractivity contribution >= 4 is 0 Å². The van der Waals surface area contributed by atoms with E-state index in [9.17, 15) is 13.2 Å². The van der Waals surface area contributed by atoms with Crippen LogP contribution in [0.25, 0.3) is 0 Å². The van der Waals surface area contributed by atoms with Crippen LogP contribution in [0.5, 0.6) is 0 Å². The van der Waals surface area contributed by atoms with Gasteiger partial charge in [-0.1, -0.05) is 24.3 Å². The number of aromatic nitrogens is 5. The summed E-state index contributed by atoms with van der Waals surface area (Å²) >= 11 is 0. The molecule has 0 amide bonds. The lowest BCUT2D eigenvalue weighted by Crippen LogP contribution is -2.08. The predicted molar refractivity (Wildman–Crippen MR) is 71.9 cm³/mol. The Bertz CT molecular complexity index is 729. The first-order valence-corrected chi connectivity index (χ1v) is 6.51. The molecule has 5 nitrogen and oxygen atoms in total. The Kier molecular flexibility index (Phi) is 3.66. The monoisotopic (exact) mass is 307 g/mol. The summed E-state index contributed by atoms with van der Waals surface area (Å²) in [5.41, 5.74) is 1.03. The highest BCUT2D eigenvalue weighted by Crippen LogP contribution is 2.27. The SMILES string of the molecule is FC(F)(F)c1ccn(Cc2ccc(Cn3cncn3)cc2)n1. The number of rotatable bonds is 4. The van der Waals surface area contributed by atoms with Gasteiger partial charge in [0.25, 0.3) is 0 Å². The zero-order valence-electron chi connectivity index (χ0n) is 11.4. The molecule has 0 aliphatic rings. The Morgan fingerprint density at radius 3 is 2.05 bits per heavy atom. The summed E-state index contributed by atoms with van der Waals surface area (Å²) in [5, 5.41) is 7.54. The van der Waals surface area contributed by atoms with E-state index in [0.717, 1.165) is 17.2 Å². The first kappa shape index (κ1) is 14.3. The van der Waals surface area contributed by atoms with Crippen molar-refractivity contribution in [2.24, 2.45) is 0 Å². The van der Waals surface area contributed by atoms with Crippen LogP contribution < -0.4 is 0 Å². The van der Waals surface area contributed by atoms with Crippen molar-refractivity contribution in [3.8, 4) is 0 Å². The topological polar surface area (TPSA) is 48.5 Å². The van der Waals surface area contributed by atoms with Gasteiger partial charge in [-0.3, -0.25) is 4.68 Å². The number of benzene rings is 1.